The van der Waals surface area contributed by atoms with Gasteiger partial charge in [-0.05, 0) is 18.6 Å². The maximum absolute atomic E-state index is 13.2. The van der Waals surface area contributed by atoms with Gasteiger partial charge in [0.25, 0.3) is 0 Å². The zero-order valence-corrected chi connectivity index (χ0v) is 10.1. The largest absolute Gasteiger partial charge is 0.385 e. The van der Waals surface area contributed by atoms with Crippen molar-refractivity contribution in [3.05, 3.63) is 29.8 Å². The minimum absolute atomic E-state index is 0.0595. The van der Waals surface area contributed by atoms with Crippen LogP contribution in [0, 0.1) is 11.6 Å². The predicted octanol–water partition coefficient (Wildman–Crippen LogP) is 1.28. The monoisotopic (exact) mass is 265 g/mol. The van der Waals surface area contributed by atoms with Crippen molar-refractivity contribution in [1.82, 2.24) is 4.72 Å². The molecule has 4 nitrogen and oxygen atoms in total. The smallest absolute Gasteiger partial charge is 0.246 e. The van der Waals surface area contributed by atoms with Crippen LogP contribution in [0.4, 0.5) is 8.78 Å². The summed E-state index contributed by atoms with van der Waals surface area (Å²) in [6.07, 6.45) is 0.422. The van der Waals surface area contributed by atoms with Crippen LogP contribution in [-0.4, -0.2) is 28.7 Å². The molecule has 0 unspecified atom stereocenters. The first kappa shape index (κ1) is 14.0. The maximum atomic E-state index is 13.2. The summed E-state index contributed by atoms with van der Waals surface area (Å²) in [6.45, 7) is 0.423. The molecule has 0 aliphatic heterocycles. The molecule has 0 spiro atoms. The SMILES string of the molecule is COCCCNS(=O)(=O)c1c(F)cccc1F. The molecule has 0 bridgehead atoms. The van der Waals surface area contributed by atoms with Crippen LogP contribution >= 0.6 is 0 Å². The van der Waals surface area contributed by atoms with Crippen molar-refractivity contribution >= 4 is 10.0 Å². The summed E-state index contributed by atoms with van der Waals surface area (Å²) in [7, 11) is -2.68. The Labute approximate surface area is 98.6 Å². The molecule has 96 valence electrons. The summed E-state index contributed by atoms with van der Waals surface area (Å²) in [6, 6.07) is 2.90. The number of hydrogen-bond donors (Lipinski definition) is 1. The molecule has 0 radical (unpaired) electrons. The maximum Gasteiger partial charge on any atom is 0.246 e. The Hall–Kier alpha value is -1.05. The summed E-state index contributed by atoms with van der Waals surface area (Å²) in [5.41, 5.74) is 0. The van der Waals surface area contributed by atoms with Crippen molar-refractivity contribution in [2.24, 2.45) is 0 Å². The van der Waals surface area contributed by atoms with E-state index in [-0.39, 0.29) is 6.54 Å². The van der Waals surface area contributed by atoms with Gasteiger partial charge in [-0.3, -0.25) is 0 Å². The quantitative estimate of drug-likeness (QED) is 0.788. The van der Waals surface area contributed by atoms with E-state index in [1.165, 1.54) is 7.11 Å². The first-order valence-electron chi connectivity index (χ1n) is 4.91. The normalized spacial score (nSPS) is 11.7. The highest BCUT2D eigenvalue weighted by Gasteiger charge is 2.22. The Morgan fingerprint density at radius 1 is 1.29 bits per heavy atom. The van der Waals surface area contributed by atoms with E-state index in [2.05, 4.69) is 4.72 Å². The highest BCUT2D eigenvalue weighted by molar-refractivity contribution is 7.89. The summed E-state index contributed by atoms with van der Waals surface area (Å²) in [4.78, 5) is -0.947. The Balaban J connectivity index is 2.83. The van der Waals surface area contributed by atoms with E-state index in [1.54, 1.807) is 0 Å². The van der Waals surface area contributed by atoms with Crippen LogP contribution < -0.4 is 4.72 Å². The van der Waals surface area contributed by atoms with Gasteiger partial charge >= 0.3 is 0 Å². The third-order valence-electron chi connectivity index (χ3n) is 2.00. The van der Waals surface area contributed by atoms with Gasteiger partial charge in [-0.25, -0.2) is 21.9 Å². The molecular formula is C10H13F2NO3S. The Kier molecular flexibility index (Phi) is 4.98. The minimum atomic E-state index is -4.16. The third-order valence-corrected chi connectivity index (χ3v) is 3.52. The summed E-state index contributed by atoms with van der Waals surface area (Å²) in [5, 5.41) is 0. The Bertz CT molecular complexity index is 456. The molecule has 0 fully saturated rings. The zero-order chi connectivity index (χ0) is 12.9. The highest BCUT2D eigenvalue weighted by atomic mass is 32.2. The molecule has 1 rings (SSSR count). The van der Waals surface area contributed by atoms with Crippen molar-refractivity contribution in [3.63, 3.8) is 0 Å². The molecule has 0 saturated carbocycles. The first-order valence-corrected chi connectivity index (χ1v) is 6.40. The van der Waals surface area contributed by atoms with Gasteiger partial charge in [-0.1, -0.05) is 6.07 Å². The van der Waals surface area contributed by atoms with Crippen molar-refractivity contribution < 1.29 is 21.9 Å². The molecule has 1 aromatic carbocycles. The molecular weight excluding hydrogens is 252 g/mol. The number of methoxy groups -OCH3 is 1. The molecule has 1 aromatic rings. The summed E-state index contributed by atoms with van der Waals surface area (Å²) in [5.74, 6) is -2.21. The van der Waals surface area contributed by atoms with E-state index in [0.717, 1.165) is 18.2 Å². The standard InChI is InChI=1S/C10H13F2NO3S/c1-16-7-3-6-13-17(14,15)10-8(11)4-2-5-9(10)12/h2,4-5,13H,3,6-7H2,1H3. The lowest BCUT2D eigenvalue weighted by Gasteiger charge is -2.08. The van der Waals surface area contributed by atoms with Gasteiger partial charge in [0.1, 0.15) is 11.6 Å². The van der Waals surface area contributed by atoms with E-state index in [1.807, 2.05) is 0 Å². The number of ether oxygens (including phenoxy) is 1. The van der Waals surface area contributed by atoms with E-state index in [4.69, 9.17) is 4.74 Å². The Morgan fingerprint density at radius 2 is 1.88 bits per heavy atom. The second-order valence-electron chi connectivity index (χ2n) is 3.29. The number of benzene rings is 1. The van der Waals surface area contributed by atoms with E-state index >= 15 is 0 Å². The topological polar surface area (TPSA) is 55.4 Å². The second-order valence-corrected chi connectivity index (χ2v) is 5.00. The fourth-order valence-corrected chi connectivity index (χ4v) is 2.44. The number of hydrogen-bond acceptors (Lipinski definition) is 3. The van der Waals surface area contributed by atoms with Gasteiger partial charge in [-0.2, -0.15) is 0 Å². The Morgan fingerprint density at radius 3 is 2.41 bits per heavy atom. The van der Waals surface area contributed by atoms with Crippen LogP contribution in [0.25, 0.3) is 0 Å². The van der Waals surface area contributed by atoms with Gasteiger partial charge in [0.15, 0.2) is 4.90 Å². The lowest BCUT2D eigenvalue weighted by Crippen LogP contribution is -2.27. The lowest BCUT2D eigenvalue weighted by atomic mass is 10.3. The van der Waals surface area contributed by atoms with Crippen molar-refractivity contribution in [2.75, 3.05) is 20.3 Å². The van der Waals surface area contributed by atoms with Gasteiger partial charge < -0.3 is 4.74 Å². The number of rotatable bonds is 6. The van der Waals surface area contributed by atoms with Crippen LogP contribution in [0.5, 0.6) is 0 Å². The average Bonchev–Trinajstić information content (AvgIpc) is 2.24. The lowest BCUT2D eigenvalue weighted by molar-refractivity contribution is 0.196. The minimum Gasteiger partial charge on any atom is -0.385 e. The van der Waals surface area contributed by atoms with E-state index in [0.29, 0.717) is 13.0 Å². The molecule has 0 amide bonds. The van der Waals surface area contributed by atoms with Crippen LogP contribution in [0.1, 0.15) is 6.42 Å². The fourth-order valence-electron chi connectivity index (χ4n) is 1.23. The van der Waals surface area contributed by atoms with E-state index < -0.39 is 26.6 Å². The molecule has 0 saturated heterocycles. The molecule has 7 heteroatoms. The molecule has 17 heavy (non-hydrogen) atoms. The van der Waals surface area contributed by atoms with Gasteiger partial charge in [0.2, 0.25) is 10.0 Å². The summed E-state index contributed by atoms with van der Waals surface area (Å²) >= 11 is 0. The van der Waals surface area contributed by atoms with Crippen LogP contribution in [0.3, 0.4) is 0 Å². The highest BCUT2D eigenvalue weighted by Crippen LogP contribution is 2.17. The van der Waals surface area contributed by atoms with Gasteiger partial charge in [0.05, 0.1) is 0 Å². The third kappa shape index (κ3) is 3.72. The van der Waals surface area contributed by atoms with Gasteiger partial charge in [-0.15, -0.1) is 0 Å². The second kappa shape index (κ2) is 6.04. The molecule has 0 aliphatic carbocycles. The van der Waals surface area contributed by atoms with Crippen molar-refractivity contribution in [2.45, 2.75) is 11.3 Å². The van der Waals surface area contributed by atoms with Crippen LogP contribution in [0.2, 0.25) is 0 Å². The molecule has 0 aromatic heterocycles. The number of nitrogens with one attached hydrogen (secondary N) is 1. The number of halogens is 2. The van der Waals surface area contributed by atoms with Crippen LogP contribution in [-0.2, 0) is 14.8 Å². The van der Waals surface area contributed by atoms with E-state index in [9.17, 15) is 17.2 Å². The fraction of sp³-hybridized carbons (Fsp3) is 0.400. The van der Waals surface area contributed by atoms with Gasteiger partial charge in [0, 0.05) is 20.3 Å². The molecule has 0 atom stereocenters. The van der Waals surface area contributed by atoms with Crippen molar-refractivity contribution in [1.29, 1.82) is 0 Å². The zero-order valence-electron chi connectivity index (χ0n) is 9.24. The molecule has 0 heterocycles. The first-order chi connectivity index (χ1) is 7.99. The summed E-state index contributed by atoms with van der Waals surface area (Å²) < 4.78 is 56.5. The predicted molar refractivity (Wildman–Crippen MR) is 58.0 cm³/mol. The number of sulfonamides is 1. The average molecular weight is 265 g/mol. The molecule has 1 N–H and O–H groups in total. The van der Waals surface area contributed by atoms with Crippen molar-refractivity contribution in [3.8, 4) is 0 Å². The molecule has 0 aliphatic rings. The van der Waals surface area contributed by atoms with Crippen LogP contribution in [0.15, 0.2) is 23.1 Å².